The lowest BCUT2D eigenvalue weighted by atomic mass is 10.0. The summed E-state index contributed by atoms with van der Waals surface area (Å²) in [5.41, 5.74) is 0. The minimum absolute atomic E-state index is 0.0254. The summed E-state index contributed by atoms with van der Waals surface area (Å²) < 4.78 is 4.41. The second-order valence-electron chi connectivity index (χ2n) is 5.21. The molecule has 7 heteroatoms. The van der Waals surface area contributed by atoms with E-state index in [1.807, 2.05) is 20.8 Å². The average Bonchev–Trinajstić information content (AvgIpc) is 2.35. The molecule has 0 rings (SSSR count). The molecule has 2 atom stereocenters. The molecule has 0 aliphatic carbocycles. The zero-order valence-electron chi connectivity index (χ0n) is 12.7. The minimum Gasteiger partial charge on any atom is -0.480 e. The number of esters is 1. The number of carbonyl (C=O) groups is 3. The number of nitrogens with one attached hydrogen (secondary N) is 1. The molecule has 7 nitrogen and oxygen atoms in total. The van der Waals surface area contributed by atoms with Gasteiger partial charge in [-0.15, -0.1) is 0 Å². The molecule has 0 spiro atoms. The lowest BCUT2D eigenvalue weighted by Crippen LogP contribution is -2.50. The Balaban J connectivity index is 4.59. The predicted molar refractivity (Wildman–Crippen MR) is 73.3 cm³/mol. The van der Waals surface area contributed by atoms with Gasteiger partial charge < -0.3 is 20.1 Å². The molecule has 0 aromatic carbocycles. The number of hydrogen-bond acceptors (Lipinski definition) is 4. The van der Waals surface area contributed by atoms with Crippen LogP contribution >= 0.6 is 0 Å². The third-order valence-electron chi connectivity index (χ3n) is 2.99. The van der Waals surface area contributed by atoms with Gasteiger partial charge in [0.2, 0.25) is 0 Å². The number of nitrogens with zero attached hydrogens (tertiary/aromatic N) is 1. The highest BCUT2D eigenvalue weighted by molar-refractivity contribution is 5.86. The van der Waals surface area contributed by atoms with Crippen LogP contribution in [-0.4, -0.2) is 54.2 Å². The van der Waals surface area contributed by atoms with Crippen LogP contribution in [0, 0.1) is 5.92 Å². The molecular formula is C13H24N2O5. The van der Waals surface area contributed by atoms with Crippen molar-refractivity contribution < 1.29 is 24.2 Å². The van der Waals surface area contributed by atoms with E-state index in [-0.39, 0.29) is 6.04 Å². The van der Waals surface area contributed by atoms with Crippen LogP contribution < -0.4 is 5.32 Å². The Hall–Kier alpha value is -1.79. The first-order valence-electron chi connectivity index (χ1n) is 6.52. The maximum Gasteiger partial charge on any atom is 0.326 e. The summed E-state index contributed by atoms with van der Waals surface area (Å²) in [6.45, 7) is 5.97. The van der Waals surface area contributed by atoms with E-state index in [0.29, 0.717) is 5.92 Å². The number of rotatable bonds is 7. The highest BCUT2D eigenvalue weighted by atomic mass is 16.5. The second kappa shape index (κ2) is 8.39. The van der Waals surface area contributed by atoms with Gasteiger partial charge in [-0.2, -0.15) is 0 Å². The summed E-state index contributed by atoms with van der Waals surface area (Å²) in [6.07, 6.45) is 0.405. The Labute approximate surface area is 119 Å². The minimum atomic E-state index is -1.29. The standard InChI is InChI=1S/C13H24N2O5/c1-8(2)6-9(3)15(4)13(19)14-10(12(17)18)7-11(16)20-5/h8-10H,6-7H2,1-5H3,(H,14,19)(H,17,18)/t9?,10-/m0/s1. The molecule has 0 heterocycles. The fourth-order valence-corrected chi connectivity index (χ4v) is 1.74. The summed E-state index contributed by atoms with van der Waals surface area (Å²) in [7, 11) is 2.76. The first-order valence-corrected chi connectivity index (χ1v) is 6.52. The molecule has 2 N–H and O–H groups in total. The number of hydrogen-bond donors (Lipinski definition) is 2. The summed E-state index contributed by atoms with van der Waals surface area (Å²) in [4.78, 5) is 35.5. The highest BCUT2D eigenvalue weighted by Gasteiger charge is 2.26. The Morgan fingerprint density at radius 2 is 1.80 bits per heavy atom. The number of urea groups is 1. The smallest absolute Gasteiger partial charge is 0.326 e. The first kappa shape index (κ1) is 18.2. The number of aliphatic carboxylic acids is 1. The highest BCUT2D eigenvalue weighted by Crippen LogP contribution is 2.10. The number of amides is 2. The van der Waals surface area contributed by atoms with Crippen LogP contribution in [0.3, 0.4) is 0 Å². The van der Waals surface area contributed by atoms with Gasteiger partial charge in [0.15, 0.2) is 0 Å². The SMILES string of the molecule is COC(=O)C[C@H](NC(=O)N(C)C(C)CC(C)C)C(=O)O. The van der Waals surface area contributed by atoms with E-state index in [4.69, 9.17) is 5.11 Å². The number of ether oxygens (including phenoxy) is 1. The lowest BCUT2D eigenvalue weighted by Gasteiger charge is -2.27. The third kappa shape index (κ3) is 6.40. The Bertz CT molecular complexity index is 357. The van der Waals surface area contributed by atoms with Crippen LogP contribution in [0.5, 0.6) is 0 Å². The van der Waals surface area contributed by atoms with E-state index < -0.39 is 30.4 Å². The van der Waals surface area contributed by atoms with Crippen LogP contribution in [-0.2, 0) is 14.3 Å². The van der Waals surface area contributed by atoms with Crippen molar-refractivity contribution in [2.45, 2.75) is 45.7 Å². The van der Waals surface area contributed by atoms with E-state index in [9.17, 15) is 14.4 Å². The summed E-state index contributed by atoms with van der Waals surface area (Å²) in [5.74, 6) is -1.53. The Kier molecular flexibility index (Phi) is 7.64. The third-order valence-corrected chi connectivity index (χ3v) is 2.99. The monoisotopic (exact) mass is 288 g/mol. The molecule has 0 saturated heterocycles. The predicted octanol–water partition coefficient (Wildman–Crippen LogP) is 1.08. The zero-order valence-corrected chi connectivity index (χ0v) is 12.7. The van der Waals surface area contributed by atoms with Crippen molar-refractivity contribution in [2.75, 3.05) is 14.2 Å². The van der Waals surface area contributed by atoms with Crippen molar-refractivity contribution in [3.63, 3.8) is 0 Å². The number of carboxylic acids is 1. The van der Waals surface area contributed by atoms with Crippen molar-refractivity contribution in [1.82, 2.24) is 10.2 Å². The van der Waals surface area contributed by atoms with Gasteiger partial charge in [-0.05, 0) is 19.3 Å². The normalized spacial score (nSPS) is 13.5. The maximum absolute atomic E-state index is 12.0. The van der Waals surface area contributed by atoms with E-state index in [0.717, 1.165) is 6.42 Å². The maximum atomic E-state index is 12.0. The zero-order chi connectivity index (χ0) is 15.9. The Morgan fingerprint density at radius 1 is 1.25 bits per heavy atom. The topological polar surface area (TPSA) is 95.9 Å². The quantitative estimate of drug-likeness (QED) is 0.683. The molecule has 0 aromatic heterocycles. The second-order valence-corrected chi connectivity index (χ2v) is 5.21. The first-order chi connectivity index (χ1) is 9.18. The Morgan fingerprint density at radius 3 is 2.20 bits per heavy atom. The van der Waals surface area contributed by atoms with E-state index in [2.05, 4.69) is 10.1 Å². The van der Waals surface area contributed by atoms with Gasteiger partial charge in [-0.3, -0.25) is 4.79 Å². The number of carbonyl (C=O) groups excluding carboxylic acids is 2. The molecule has 2 amide bonds. The molecule has 1 unspecified atom stereocenters. The molecule has 0 bridgehead atoms. The van der Waals surface area contributed by atoms with Gasteiger partial charge >= 0.3 is 18.0 Å². The molecular weight excluding hydrogens is 264 g/mol. The average molecular weight is 288 g/mol. The fraction of sp³-hybridized carbons (Fsp3) is 0.769. The van der Waals surface area contributed by atoms with Crippen LogP contribution in [0.15, 0.2) is 0 Å². The lowest BCUT2D eigenvalue weighted by molar-refractivity contribution is -0.147. The van der Waals surface area contributed by atoms with Gasteiger partial charge in [0, 0.05) is 13.1 Å². The molecule has 0 aromatic rings. The van der Waals surface area contributed by atoms with E-state index in [1.54, 1.807) is 7.05 Å². The molecule has 0 fully saturated rings. The number of methoxy groups -OCH3 is 1. The van der Waals surface area contributed by atoms with Gasteiger partial charge in [0.25, 0.3) is 0 Å². The summed E-state index contributed by atoms with van der Waals surface area (Å²) >= 11 is 0. The van der Waals surface area contributed by atoms with Crippen molar-refractivity contribution in [3.8, 4) is 0 Å². The molecule has 0 aliphatic heterocycles. The van der Waals surface area contributed by atoms with Crippen LogP contribution in [0.4, 0.5) is 4.79 Å². The van der Waals surface area contributed by atoms with Gasteiger partial charge in [-0.1, -0.05) is 13.8 Å². The molecule has 116 valence electrons. The molecule has 0 saturated carbocycles. The summed E-state index contributed by atoms with van der Waals surface area (Å²) in [6, 6.07) is -1.83. The van der Waals surface area contributed by atoms with Crippen LogP contribution in [0.2, 0.25) is 0 Å². The molecule has 20 heavy (non-hydrogen) atoms. The van der Waals surface area contributed by atoms with Gasteiger partial charge in [0.1, 0.15) is 6.04 Å². The summed E-state index contributed by atoms with van der Waals surface area (Å²) in [5, 5.41) is 11.3. The fourth-order valence-electron chi connectivity index (χ4n) is 1.74. The van der Waals surface area contributed by atoms with Gasteiger partial charge in [0.05, 0.1) is 13.5 Å². The number of carboxylic acid groups (broad SMARTS) is 1. The van der Waals surface area contributed by atoms with Crippen molar-refractivity contribution in [3.05, 3.63) is 0 Å². The van der Waals surface area contributed by atoms with E-state index in [1.165, 1.54) is 12.0 Å². The van der Waals surface area contributed by atoms with Crippen molar-refractivity contribution >= 4 is 18.0 Å². The van der Waals surface area contributed by atoms with Crippen LogP contribution in [0.25, 0.3) is 0 Å². The van der Waals surface area contributed by atoms with Crippen LogP contribution in [0.1, 0.15) is 33.6 Å². The van der Waals surface area contributed by atoms with Gasteiger partial charge in [-0.25, -0.2) is 9.59 Å². The van der Waals surface area contributed by atoms with E-state index >= 15 is 0 Å². The largest absolute Gasteiger partial charge is 0.480 e. The van der Waals surface area contributed by atoms with Crippen molar-refractivity contribution in [2.24, 2.45) is 5.92 Å². The molecule has 0 radical (unpaired) electrons. The molecule has 0 aliphatic rings. The van der Waals surface area contributed by atoms with Crippen molar-refractivity contribution in [1.29, 1.82) is 0 Å².